The van der Waals surface area contributed by atoms with Crippen LogP contribution in [0.25, 0.3) is 0 Å². The van der Waals surface area contributed by atoms with Gasteiger partial charge < -0.3 is 15.6 Å². The van der Waals surface area contributed by atoms with E-state index in [4.69, 9.17) is 5.73 Å². The Balaban J connectivity index is 1.42. The smallest absolute Gasteiger partial charge is 0.223 e. The number of carbonyl (C=O) groups is 2. The van der Waals surface area contributed by atoms with Gasteiger partial charge in [-0.1, -0.05) is 30.3 Å². The minimum Gasteiger partial charge on any atom is -0.370 e. The van der Waals surface area contributed by atoms with Gasteiger partial charge in [0.25, 0.3) is 0 Å². The van der Waals surface area contributed by atoms with Gasteiger partial charge in [0.15, 0.2) is 0 Å². The molecule has 30 heavy (non-hydrogen) atoms. The number of hydrogen-bond donors (Lipinski definition) is 2. The van der Waals surface area contributed by atoms with Crippen LogP contribution in [0, 0.1) is 17.8 Å². The maximum absolute atomic E-state index is 12.6. The van der Waals surface area contributed by atoms with Gasteiger partial charge in [-0.3, -0.25) is 9.59 Å². The van der Waals surface area contributed by atoms with Gasteiger partial charge in [0, 0.05) is 37.3 Å². The summed E-state index contributed by atoms with van der Waals surface area (Å²) in [5.41, 5.74) is 7.87. The molecule has 1 saturated carbocycles. The molecule has 0 radical (unpaired) electrons. The predicted molar refractivity (Wildman–Crippen MR) is 115 cm³/mol. The van der Waals surface area contributed by atoms with Crippen molar-refractivity contribution < 1.29 is 9.59 Å². The number of H-pyrrole nitrogens is 1. The van der Waals surface area contributed by atoms with E-state index in [1.807, 2.05) is 24.4 Å². The first kappa shape index (κ1) is 20.6. The van der Waals surface area contributed by atoms with Crippen LogP contribution in [-0.2, 0) is 22.6 Å². The van der Waals surface area contributed by atoms with E-state index in [-0.39, 0.29) is 11.8 Å². The lowest BCUT2D eigenvalue weighted by Gasteiger charge is -2.37. The normalized spacial score (nSPS) is 26.8. The summed E-state index contributed by atoms with van der Waals surface area (Å²) in [5, 5.41) is 0. The molecule has 2 heterocycles. The molecule has 160 valence electrons. The lowest BCUT2D eigenvalue weighted by molar-refractivity contribution is -0.129. The molecule has 1 aromatic carbocycles. The van der Waals surface area contributed by atoms with Crippen molar-refractivity contribution in [3.8, 4) is 0 Å². The van der Waals surface area contributed by atoms with Crippen molar-refractivity contribution in [3.63, 3.8) is 0 Å². The van der Waals surface area contributed by atoms with Gasteiger partial charge >= 0.3 is 0 Å². The summed E-state index contributed by atoms with van der Waals surface area (Å²) >= 11 is 0. The van der Waals surface area contributed by atoms with Crippen molar-refractivity contribution in [3.05, 3.63) is 54.1 Å². The Morgan fingerprint density at radius 3 is 2.63 bits per heavy atom. The number of hydrogen-bond acceptors (Lipinski definition) is 3. The molecule has 3 N–H and O–H groups in total. The van der Waals surface area contributed by atoms with Crippen LogP contribution in [-0.4, -0.2) is 32.7 Å². The highest BCUT2D eigenvalue weighted by Gasteiger charge is 2.36. The highest BCUT2D eigenvalue weighted by atomic mass is 16.2. The SMILES string of the molecule is NC(=O)C[C@@H]1C[C@H](Cc2cnc[nH]2)C[C@H](C[C@H]2CCC(=O)N2Cc2ccccc2)C1. The predicted octanol–water partition coefficient (Wildman–Crippen LogP) is 3.44. The number of likely N-dealkylation sites (tertiary alicyclic amines) is 1. The second-order valence-electron chi connectivity index (χ2n) is 9.19. The van der Waals surface area contributed by atoms with E-state index in [9.17, 15) is 9.59 Å². The number of carbonyl (C=O) groups excluding carboxylic acids is 2. The van der Waals surface area contributed by atoms with Crippen molar-refractivity contribution in [1.29, 1.82) is 0 Å². The standard InChI is InChI=1S/C24H32N4O2/c25-23(29)13-20-9-18(11-21-14-26-16-27-21)8-19(10-20)12-22-6-7-24(30)28(22)15-17-4-2-1-3-5-17/h1-5,14,16,18-20,22H,6-13,15H2,(H2,25,29)(H,26,27)/t18-,19+,20-,22-/m1/s1. The topological polar surface area (TPSA) is 92.1 Å². The fourth-order valence-electron chi connectivity index (χ4n) is 5.64. The van der Waals surface area contributed by atoms with Crippen LogP contribution in [0.4, 0.5) is 0 Å². The lowest BCUT2D eigenvalue weighted by Crippen LogP contribution is -2.36. The van der Waals surface area contributed by atoms with Gasteiger partial charge in [-0.05, 0) is 61.8 Å². The van der Waals surface area contributed by atoms with Crippen molar-refractivity contribution >= 4 is 11.8 Å². The molecule has 4 atom stereocenters. The second kappa shape index (κ2) is 9.45. The highest BCUT2D eigenvalue weighted by molar-refractivity contribution is 5.78. The Bertz CT molecular complexity index is 836. The first-order valence-electron chi connectivity index (χ1n) is 11.2. The van der Waals surface area contributed by atoms with E-state index < -0.39 is 0 Å². The van der Waals surface area contributed by atoms with Crippen LogP contribution in [0.1, 0.15) is 56.2 Å². The molecule has 1 saturated heterocycles. The van der Waals surface area contributed by atoms with Crippen molar-refractivity contribution in [2.45, 2.75) is 64.0 Å². The van der Waals surface area contributed by atoms with Gasteiger partial charge in [-0.2, -0.15) is 0 Å². The number of nitrogens with zero attached hydrogens (tertiary/aromatic N) is 2. The molecule has 2 amide bonds. The molecule has 6 heteroatoms. The molecule has 6 nitrogen and oxygen atoms in total. The monoisotopic (exact) mass is 408 g/mol. The van der Waals surface area contributed by atoms with Crippen molar-refractivity contribution in [2.75, 3.05) is 0 Å². The van der Waals surface area contributed by atoms with E-state index in [1.165, 1.54) is 5.56 Å². The van der Waals surface area contributed by atoms with E-state index in [1.54, 1.807) is 6.33 Å². The maximum atomic E-state index is 12.6. The Hall–Kier alpha value is -2.63. The third-order valence-corrected chi connectivity index (χ3v) is 6.81. The average molecular weight is 409 g/mol. The van der Waals surface area contributed by atoms with Gasteiger partial charge in [0.2, 0.25) is 11.8 Å². The number of nitrogens with two attached hydrogens (primary N) is 1. The van der Waals surface area contributed by atoms with Crippen LogP contribution < -0.4 is 5.73 Å². The molecule has 1 aliphatic carbocycles. The second-order valence-corrected chi connectivity index (χ2v) is 9.19. The summed E-state index contributed by atoms with van der Waals surface area (Å²) in [4.78, 5) is 33.6. The molecule has 2 fully saturated rings. The molecule has 2 aromatic rings. The minimum atomic E-state index is -0.206. The lowest BCUT2D eigenvalue weighted by atomic mass is 9.70. The number of amides is 2. The highest BCUT2D eigenvalue weighted by Crippen LogP contribution is 2.40. The van der Waals surface area contributed by atoms with Crippen LogP contribution in [0.15, 0.2) is 42.9 Å². The third-order valence-electron chi connectivity index (χ3n) is 6.81. The molecular formula is C24H32N4O2. The molecule has 4 rings (SSSR count). The van der Waals surface area contributed by atoms with Gasteiger partial charge in [-0.25, -0.2) is 4.98 Å². The summed E-state index contributed by atoms with van der Waals surface area (Å²) < 4.78 is 0. The third kappa shape index (κ3) is 5.29. The zero-order valence-corrected chi connectivity index (χ0v) is 17.5. The molecule has 2 aliphatic rings. The quantitative estimate of drug-likeness (QED) is 0.701. The van der Waals surface area contributed by atoms with Crippen LogP contribution in [0.5, 0.6) is 0 Å². The van der Waals surface area contributed by atoms with E-state index in [0.717, 1.165) is 44.2 Å². The maximum Gasteiger partial charge on any atom is 0.223 e. The number of imidazole rings is 1. The van der Waals surface area contributed by atoms with Gasteiger partial charge in [-0.15, -0.1) is 0 Å². The molecule has 1 aliphatic heterocycles. The van der Waals surface area contributed by atoms with E-state index in [2.05, 4.69) is 27.0 Å². The van der Waals surface area contributed by atoms with Gasteiger partial charge in [0.1, 0.15) is 0 Å². The summed E-state index contributed by atoms with van der Waals surface area (Å²) in [6.45, 7) is 0.694. The Kier molecular flexibility index (Phi) is 6.50. The molecule has 1 aromatic heterocycles. The zero-order valence-electron chi connectivity index (χ0n) is 17.5. The number of aromatic amines is 1. The van der Waals surface area contributed by atoms with Crippen LogP contribution in [0.2, 0.25) is 0 Å². The Labute approximate surface area is 178 Å². The fraction of sp³-hybridized carbons (Fsp3) is 0.542. The number of aromatic nitrogens is 2. The Morgan fingerprint density at radius 2 is 1.90 bits per heavy atom. The van der Waals surface area contributed by atoms with Gasteiger partial charge in [0.05, 0.1) is 6.33 Å². The van der Waals surface area contributed by atoms with Crippen LogP contribution in [0.3, 0.4) is 0 Å². The number of nitrogens with one attached hydrogen (secondary N) is 1. The molecular weight excluding hydrogens is 376 g/mol. The molecule has 0 spiro atoms. The molecule has 0 bridgehead atoms. The summed E-state index contributed by atoms with van der Waals surface area (Å²) in [6, 6.07) is 10.5. The zero-order chi connectivity index (χ0) is 20.9. The van der Waals surface area contributed by atoms with E-state index >= 15 is 0 Å². The first-order valence-corrected chi connectivity index (χ1v) is 11.2. The first-order chi connectivity index (χ1) is 14.6. The minimum absolute atomic E-state index is 0.206. The summed E-state index contributed by atoms with van der Waals surface area (Å²) in [7, 11) is 0. The number of benzene rings is 1. The van der Waals surface area contributed by atoms with E-state index in [0.29, 0.717) is 43.2 Å². The van der Waals surface area contributed by atoms with Crippen LogP contribution >= 0.6 is 0 Å². The fourth-order valence-corrected chi connectivity index (χ4v) is 5.64. The largest absolute Gasteiger partial charge is 0.370 e. The number of primary amides is 1. The summed E-state index contributed by atoms with van der Waals surface area (Å²) in [6.07, 6.45) is 10.9. The average Bonchev–Trinajstić information content (AvgIpc) is 3.33. The number of rotatable bonds is 8. The van der Waals surface area contributed by atoms with Crippen molar-refractivity contribution in [1.82, 2.24) is 14.9 Å². The van der Waals surface area contributed by atoms with Crippen molar-refractivity contribution in [2.24, 2.45) is 23.5 Å². The Morgan fingerprint density at radius 1 is 1.13 bits per heavy atom. The molecule has 0 unspecified atom stereocenters. The summed E-state index contributed by atoms with van der Waals surface area (Å²) in [5.74, 6) is 1.44.